The summed E-state index contributed by atoms with van der Waals surface area (Å²) in [5.41, 5.74) is 0. The molecule has 0 rings (SSSR count). The number of nitrogens with one attached hydrogen (secondary N) is 1. The molecule has 0 spiro atoms. The van der Waals surface area contributed by atoms with E-state index in [2.05, 4.69) is 99.0 Å². The summed E-state index contributed by atoms with van der Waals surface area (Å²) in [6.45, 7) is 6.94. The third-order valence-corrected chi connectivity index (χ3v) is 14.8. The number of phosphoric acid groups is 1. The van der Waals surface area contributed by atoms with Gasteiger partial charge in [0.15, 0.2) is 0 Å². The first-order valence-electron chi connectivity index (χ1n) is 31.9. The Bertz CT molecular complexity index is 1590. The molecule has 77 heavy (non-hydrogen) atoms. The zero-order valence-electron chi connectivity index (χ0n) is 50.9. The van der Waals surface area contributed by atoms with Gasteiger partial charge < -0.3 is 19.4 Å². The van der Waals surface area contributed by atoms with Gasteiger partial charge in [0.05, 0.1) is 33.8 Å². The number of carbonyl (C=O) groups excluding carboxylic acids is 2. The molecule has 0 aromatic heterocycles. The third-order valence-electron chi connectivity index (χ3n) is 13.8. The predicted molar refractivity (Wildman–Crippen MR) is 332 cm³/mol. The highest BCUT2D eigenvalue weighted by atomic mass is 31.2. The lowest BCUT2D eigenvalue weighted by Crippen LogP contribution is -2.47. The van der Waals surface area contributed by atoms with Gasteiger partial charge in [0.2, 0.25) is 5.91 Å². The van der Waals surface area contributed by atoms with E-state index in [0.29, 0.717) is 17.4 Å². The Balaban J connectivity index is 5.20. The predicted octanol–water partition coefficient (Wildman–Crippen LogP) is 19.8. The number of nitrogens with zero attached hydrogens (tertiary/aromatic N) is 1. The Morgan fingerprint density at radius 2 is 0.792 bits per heavy atom. The summed E-state index contributed by atoms with van der Waals surface area (Å²) in [5.74, 6) is -0.535. The first-order chi connectivity index (χ1) is 37.4. The third kappa shape index (κ3) is 57.7. The second kappa shape index (κ2) is 56.5. The highest BCUT2D eigenvalue weighted by molar-refractivity contribution is 7.47. The smallest absolute Gasteiger partial charge is 0.456 e. The van der Waals surface area contributed by atoms with E-state index in [1.807, 2.05) is 33.3 Å². The van der Waals surface area contributed by atoms with Crippen molar-refractivity contribution in [3.05, 3.63) is 85.1 Å². The van der Waals surface area contributed by atoms with Crippen LogP contribution in [0.25, 0.3) is 0 Å². The summed E-state index contributed by atoms with van der Waals surface area (Å²) >= 11 is 0. The van der Waals surface area contributed by atoms with Gasteiger partial charge in [0, 0.05) is 12.8 Å². The molecule has 0 aromatic rings. The van der Waals surface area contributed by atoms with Gasteiger partial charge in [0.1, 0.15) is 19.3 Å². The average Bonchev–Trinajstić information content (AvgIpc) is 3.39. The lowest BCUT2D eigenvalue weighted by Gasteiger charge is -2.27. The second-order valence-corrected chi connectivity index (χ2v) is 24.0. The summed E-state index contributed by atoms with van der Waals surface area (Å²) < 4.78 is 30.7. The highest BCUT2D eigenvalue weighted by Gasteiger charge is 2.30. The van der Waals surface area contributed by atoms with E-state index in [0.717, 1.165) is 96.3 Å². The number of allylic oxidation sites excluding steroid dienone is 13. The topological polar surface area (TPSA) is 111 Å². The fourth-order valence-electron chi connectivity index (χ4n) is 8.84. The highest BCUT2D eigenvalue weighted by Crippen LogP contribution is 2.43. The van der Waals surface area contributed by atoms with Crippen molar-refractivity contribution in [3.8, 4) is 0 Å². The standard InChI is InChI=1S/C67H121N2O7P/c1-7-10-13-16-19-22-25-27-29-31-32-33-34-35-36-38-40-42-45-48-51-54-57-60-67(71)76-65(58-55-52-49-46-43-24-21-18-15-12-9-3)64(63-75-77(72,73)74-62-61-69(4,5)6)68-66(70)59-56-53-50-47-44-41-39-37-30-28-26-23-20-17-14-11-8-2/h19-20,22-23,27-30,32-33,39,41,55,58,64-65H,7-18,21,24-26,31,34-38,40,42-54,56-57,59-63H2,1-6H3,(H-,68,70,72,73)/p+1/b22-19-,23-20-,29-27-,30-28-,33-32-,41-39-,58-55-. The normalized spacial score (nSPS) is 14.2. The number of likely N-dealkylation sites (N-methyl/N-ethyl adjacent to an activating group) is 1. The molecule has 9 nitrogen and oxygen atoms in total. The van der Waals surface area contributed by atoms with E-state index in [9.17, 15) is 19.0 Å². The monoisotopic (exact) mass is 1100 g/mol. The second-order valence-electron chi connectivity index (χ2n) is 22.6. The van der Waals surface area contributed by atoms with Crippen molar-refractivity contribution in [2.45, 2.75) is 290 Å². The molecule has 1 amide bonds. The SMILES string of the molecule is CCCCC/C=C\C/C=C\C/C=C\CCCCCCCCCCCCC(=O)OC(/C=C\CCCCCCCCCCC)C(COP(=O)(O)OCC[N+](C)(C)C)NC(=O)CCCCCC/C=C\C/C=C\C/C=C\CCCCC. The van der Waals surface area contributed by atoms with Gasteiger partial charge in [-0.3, -0.25) is 18.6 Å². The maximum Gasteiger partial charge on any atom is 0.472 e. The number of quaternary nitrogens is 1. The van der Waals surface area contributed by atoms with Crippen LogP contribution in [0.15, 0.2) is 85.1 Å². The molecular formula is C67H122N2O7P+. The first-order valence-corrected chi connectivity index (χ1v) is 33.4. The molecule has 0 saturated carbocycles. The minimum Gasteiger partial charge on any atom is -0.456 e. The van der Waals surface area contributed by atoms with Crippen LogP contribution in [0.4, 0.5) is 0 Å². The van der Waals surface area contributed by atoms with Crippen LogP contribution >= 0.6 is 7.82 Å². The van der Waals surface area contributed by atoms with Gasteiger partial charge in [-0.25, -0.2) is 4.57 Å². The minimum absolute atomic E-state index is 0.0318. The fourth-order valence-corrected chi connectivity index (χ4v) is 9.57. The number of ether oxygens (including phenoxy) is 1. The van der Waals surface area contributed by atoms with Crippen LogP contribution in [-0.2, 0) is 27.9 Å². The minimum atomic E-state index is -4.46. The molecule has 446 valence electrons. The molecule has 0 aliphatic rings. The molecule has 3 unspecified atom stereocenters. The van der Waals surface area contributed by atoms with E-state index in [-0.39, 0.29) is 31.5 Å². The molecule has 2 N–H and O–H groups in total. The first kappa shape index (κ1) is 74.2. The summed E-state index contributed by atoms with van der Waals surface area (Å²) in [5, 5.41) is 3.04. The number of hydrogen-bond donors (Lipinski definition) is 2. The van der Waals surface area contributed by atoms with Crippen molar-refractivity contribution in [2.24, 2.45) is 0 Å². The molecule has 0 aliphatic heterocycles. The van der Waals surface area contributed by atoms with Crippen molar-refractivity contribution >= 4 is 19.7 Å². The Morgan fingerprint density at radius 3 is 1.21 bits per heavy atom. The number of rotatable bonds is 57. The molecule has 0 aromatic carbocycles. The molecule has 0 heterocycles. The van der Waals surface area contributed by atoms with Crippen LogP contribution in [0.1, 0.15) is 278 Å². The number of phosphoric ester groups is 1. The molecule has 10 heteroatoms. The van der Waals surface area contributed by atoms with Crippen LogP contribution in [0, 0.1) is 0 Å². The Hall–Kier alpha value is -2.81. The van der Waals surface area contributed by atoms with Crippen LogP contribution < -0.4 is 5.32 Å². The molecule has 3 atom stereocenters. The van der Waals surface area contributed by atoms with Crippen molar-refractivity contribution in [1.82, 2.24) is 5.32 Å². The molecule has 0 bridgehead atoms. The van der Waals surface area contributed by atoms with E-state index in [4.69, 9.17) is 13.8 Å². The number of amides is 1. The number of hydrogen-bond acceptors (Lipinski definition) is 6. The van der Waals surface area contributed by atoms with Crippen LogP contribution in [0.2, 0.25) is 0 Å². The summed E-state index contributed by atoms with van der Waals surface area (Å²) in [7, 11) is 1.47. The van der Waals surface area contributed by atoms with E-state index in [1.165, 1.54) is 148 Å². The van der Waals surface area contributed by atoms with E-state index >= 15 is 0 Å². The molecular weight excluding hydrogens is 976 g/mol. The molecule has 0 radical (unpaired) electrons. The van der Waals surface area contributed by atoms with Crippen molar-refractivity contribution in [2.75, 3.05) is 40.9 Å². The maximum atomic E-state index is 13.5. The van der Waals surface area contributed by atoms with E-state index in [1.54, 1.807) is 0 Å². The maximum absolute atomic E-state index is 13.5. The van der Waals surface area contributed by atoms with Crippen LogP contribution in [0.3, 0.4) is 0 Å². The lowest BCUT2D eigenvalue weighted by molar-refractivity contribution is -0.870. The Labute approximate surface area is 476 Å². The molecule has 0 aliphatic carbocycles. The number of esters is 1. The van der Waals surface area contributed by atoms with Crippen LogP contribution in [0.5, 0.6) is 0 Å². The zero-order chi connectivity index (χ0) is 56.4. The van der Waals surface area contributed by atoms with Gasteiger partial charge in [0.25, 0.3) is 0 Å². The summed E-state index contributed by atoms with van der Waals surface area (Å²) in [4.78, 5) is 37.7. The molecule has 0 saturated heterocycles. The van der Waals surface area contributed by atoms with Gasteiger partial charge >= 0.3 is 13.8 Å². The zero-order valence-corrected chi connectivity index (χ0v) is 51.8. The van der Waals surface area contributed by atoms with Gasteiger partial charge in [-0.1, -0.05) is 241 Å². The summed E-state index contributed by atoms with van der Waals surface area (Å²) in [6, 6.07) is -0.865. The number of unbranched alkanes of at least 4 members (excludes halogenated alkanes) is 29. The van der Waals surface area contributed by atoms with Crippen molar-refractivity contribution < 1.29 is 37.3 Å². The number of carbonyl (C=O) groups is 2. The quantitative estimate of drug-likeness (QED) is 0.0205. The van der Waals surface area contributed by atoms with Crippen molar-refractivity contribution in [1.29, 1.82) is 0 Å². The largest absolute Gasteiger partial charge is 0.472 e. The molecule has 0 fully saturated rings. The van der Waals surface area contributed by atoms with E-state index < -0.39 is 20.0 Å². The van der Waals surface area contributed by atoms with Crippen molar-refractivity contribution in [3.63, 3.8) is 0 Å². The summed E-state index contributed by atoms with van der Waals surface area (Å²) in [6.07, 6.45) is 74.4. The Morgan fingerprint density at radius 1 is 0.455 bits per heavy atom. The van der Waals surface area contributed by atoms with Gasteiger partial charge in [-0.15, -0.1) is 0 Å². The fraction of sp³-hybridized carbons (Fsp3) is 0.761. The van der Waals surface area contributed by atoms with Gasteiger partial charge in [-0.05, 0) is 109 Å². The Kier molecular flexibility index (Phi) is 54.4. The van der Waals surface area contributed by atoms with Crippen LogP contribution in [-0.4, -0.2) is 74.3 Å². The van der Waals surface area contributed by atoms with Gasteiger partial charge in [-0.2, -0.15) is 0 Å². The lowest BCUT2D eigenvalue weighted by atomic mass is 10.0. The average molecular weight is 1100 g/mol.